The lowest BCUT2D eigenvalue weighted by atomic mass is 9.72. The first kappa shape index (κ1) is 38.5. The SMILES string of the molecule is C=C(CC(CC(=O)NC(C)COCC(CC)(COCC(C)N)COCC(C)N)C(=O)O)CC(C)(C)CC(C)(C)C. The van der Waals surface area contributed by atoms with Crippen LogP contribution in [0.25, 0.3) is 0 Å². The number of carbonyl (C=O) groups excluding carboxylic acids is 1. The summed E-state index contributed by atoms with van der Waals surface area (Å²) in [5, 5.41) is 12.7. The van der Waals surface area contributed by atoms with E-state index < -0.39 is 11.9 Å². The zero-order chi connectivity index (χ0) is 31.1. The zero-order valence-electron chi connectivity index (χ0n) is 26.9. The predicted octanol–water partition coefficient (Wildman–Crippen LogP) is 4.52. The third-order valence-electron chi connectivity index (χ3n) is 6.57. The van der Waals surface area contributed by atoms with Crippen LogP contribution in [-0.2, 0) is 23.8 Å². The van der Waals surface area contributed by atoms with Gasteiger partial charge in [-0.05, 0) is 57.3 Å². The van der Waals surface area contributed by atoms with Crippen molar-refractivity contribution < 1.29 is 28.9 Å². The van der Waals surface area contributed by atoms with E-state index in [1.165, 1.54) is 0 Å². The lowest BCUT2D eigenvalue weighted by Gasteiger charge is -2.33. The third kappa shape index (κ3) is 18.8. The molecule has 0 radical (unpaired) electrons. The number of ether oxygens (including phenoxy) is 3. The molecule has 0 aromatic heterocycles. The summed E-state index contributed by atoms with van der Waals surface area (Å²) in [6.45, 7) is 25.2. The van der Waals surface area contributed by atoms with E-state index in [0.29, 0.717) is 33.0 Å². The molecule has 0 aromatic carbocycles. The van der Waals surface area contributed by atoms with Crippen molar-refractivity contribution in [2.75, 3.05) is 39.6 Å². The number of amides is 1. The first-order valence-corrected chi connectivity index (χ1v) is 14.7. The molecule has 9 heteroatoms. The van der Waals surface area contributed by atoms with E-state index in [2.05, 4.69) is 53.4 Å². The van der Waals surface area contributed by atoms with Gasteiger partial charge in [0.2, 0.25) is 5.91 Å². The molecule has 0 saturated carbocycles. The number of carboxylic acid groups (broad SMARTS) is 1. The van der Waals surface area contributed by atoms with Crippen LogP contribution in [0.15, 0.2) is 12.2 Å². The Labute approximate surface area is 244 Å². The summed E-state index contributed by atoms with van der Waals surface area (Å²) in [6.07, 6.45) is 2.66. The van der Waals surface area contributed by atoms with E-state index >= 15 is 0 Å². The van der Waals surface area contributed by atoms with Crippen molar-refractivity contribution in [3.8, 4) is 0 Å². The minimum atomic E-state index is -0.986. The maximum atomic E-state index is 12.7. The highest BCUT2D eigenvalue weighted by Gasteiger charge is 2.31. The molecule has 0 bridgehead atoms. The van der Waals surface area contributed by atoms with Crippen molar-refractivity contribution in [1.29, 1.82) is 0 Å². The van der Waals surface area contributed by atoms with Crippen molar-refractivity contribution in [3.63, 3.8) is 0 Å². The largest absolute Gasteiger partial charge is 0.481 e. The van der Waals surface area contributed by atoms with E-state index in [4.69, 9.17) is 25.7 Å². The number of carbonyl (C=O) groups is 2. The van der Waals surface area contributed by atoms with Crippen LogP contribution in [0.2, 0.25) is 0 Å². The molecule has 9 nitrogen and oxygen atoms in total. The van der Waals surface area contributed by atoms with Gasteiger partial charge in [-0.25, -0.2) is 0 Å². The molecule has 0 aliphatic rings. The number of rotatable bonds is 22. The maximum Gasteiger partial charge on any atom is 0.307 e. The van der Waals surface area contributed by atoms with Crippen molar-refractivity contribution in [1.82, 2.24) is 5.32 Å². The molecule has 0 rings (SSSR count). The Morgan fingerprint density at radius 1 is 0.875 bits per heavy atom. The highest BCUT2D eigenvalue weighted by Crippen LogP contribution is 2.38. The van der Waals surface area contributed by atoms with Crippen LogP contribution in [0.5, 0.6) is 0 Å². The molecule has 4 atom stereocenters. The summed E-state index contributed by atoms with van der Waals surface area (Å²) >= 11 is 0. The van der Waals surface area contributed by atoms with Crippen LogP contribution < -0.4 is 16.8 Å². The third-order valence-corrected chi connectivity index (χ3v) is 6.57. The van der Waals surface area contributed by atoms with Crippen LogP contribution in [0.4, 0.5) is 0 Å². The molecule has 0 aliphatic carbocycles. The van der Waals surface area contributed by atoms with Crippen molar-refractivity contribution in [3.05, 3.63) is 12.2 Å². The Morgan fingerprint density at radius 2 is 1.35 bits per heavy atom. The van der Waals surface area contributed by atoms with Gasteiger partial charge in [-0.15, -0.1) is 0 Å². The highest BCUT2D eigenvalue weighted by atomic mass is 16.5. The fourth-order valence-corrected chi connectivity index (χ4v) is 5.25. The van der Waals surface area contributed by atoms with E-state index in [0.717, 1.165) is 24.8 Å². The van der Waals surface area contributed by atoms with Crippen LogP contribution in [-0.4, -0.2) is 74.7 Å². The normalized spacial score (nSPS) is 17.0. The summed E-state index contributed by atoms with van der Waals surface area (Å²) in [7, 11) is 0. The highest BCUT2D eigenvalue weighted by molar-refractivity contribution is 5.82. The van der Waals surface area contributed by atoms with Gasteiger partial charge in [0.05, 0.1) is 45.6 Å². The minimum absolute atomic E-state index is 0.00141. The smallest absolute Gasteiger partial charge is 0.307 e. The van der Waals surface area contributed by atoms with Crippen molar-refractivity contribution >= 4 is 11.9 Å². The van der Waals surface area contributed by atoms with Crippen LogP contribution in [0.3, 0.4) is 0 Å². The predicted molar refractivity (Wildman–Crippen MR) is 162 cm³/mol. The molecule has 236 valence electrons. The van der Waals surface area contributed by atoms with E-state index in [-0.39, 0.29) is 59.7 Å². The molecular formula is C31H61N3O6. The zero-order valence-corrected chi connectivity index (χ0v) is 26.9. The quantitative estimate of drug-likeness (QED) is 0.139. The minimum Gasteiger partial charge on any atom is -0.481 e. The maximum absolute atomic E-state index is 12.7. The molecule has 0 aromatic rings. The Kier molecular flexibility index (Phi) is 17.4. The number of carboxylic acids is 1. The van der Waals surface area contributed by atoms with Crippen LogP contribution in [0, 0.1) is 22.2 Å². The summed E-state index contributed by atoms with van der Waals surface area (Å²) in [5.41, 5.74) is 12.3. The number of hydrogen-bond acceptors (Lipinski definition) is 7. The molecule has 0 spiro atoms. The average molecular weight is 572 g/mol. The number of nitrogens with one attached hydrogen (secondary N) is 1. The van der Waals surface area contributed by atoms with Gasteiger partial charge >= 0.3 is 5.97 Å². The second-order valence-corrected chi connectivity index (χ2v) is 14.1. The van der Waals surface area contributed by atoms with E-state index in [1.54, 1.807) is 0 Å². The lowest BCUT2D eigenvalue weighted by Crippen LogP contribution is -2.42. The summed E-state index contributed by atoms with van der Waals surface area (Å²) in [4.78, 5) is 24.7. The summed E-state index contributed by atoms with van der Waals surface area (Å²) in [5.74, 6) is -2.12. The number of allylic oxidation sites excluding steroid dienone is 1. The Balaban J connectivity index is 4.92. The molecule has 40 heavy (non-hydrogen) atoms. The second-order valence-electron chi connectivity index (χ2n) is 14.1. The van der Waals surface area contributed by atoms with E-state index in [9.17, 15) is 14.7 Å². The number of nitrogens with two attached hydrogens (primary N) is 2. The molecule has 1 amide bonds. The number of hydrogen-bond donors (Lipinski definition) is 4. The Morgan fingerprint density at radius 3 is 1.75 bits per heavy atom. The first-order valence-electron chi connectivity index (χ1n) is 14.7. The molecule has 0 fully saturated rings. The molecule has 4 unspecified atom stereocenters. The van der Waals surface area contributed by atoms with Gasteiger partial charge in [0, 0.05) is 30.0 Å². The van der Waals surface area contributed by atoms with Gasteiger partial charge < -0.3 is 36.1 Å². The molecule has 6 N–H and O–H groups in total. The van der Waals surface area contributed by atoms with Gasteiger partial charge in [0.15, 0.2) is 0 Å². The van der Waals surface area contributed by atoms with Gasteiger partial charge in [-0.3, -0.25) is 9.59 Å². The van der Waals surface area contributed by atoms with Gasteiger partial charge in [0.1, 0.15) is 0 Å². The van der Waals surface area contributed by atoms with Crippen molar-refractivity contribution in [2.45, 2.75) is 113 Å². The fourth-order valence-electron chi connectivity index (χ4n) is 5.25. The summed E-state index contributed by atoms with van der Waals surface area (Å²) < 4.78 is 17.7. The average Bonchev–Trinajstić information content (AvgIpc) is 2.75. The molecular weight excluding hydrogens is 510 g/mol. The Hall–Kier alpha value is -1.52. The molecule has 0 heterocycles. The van der Waals surface area contributed by atoms with Crippen LogP contribution >= 0.6 is 0 Å². The van der Waals surface area contributed by atoms with Crippen molar-refractivity contribution in [2.24, 2.45) is 33.6 Å². The second kappa shape index (κ2) is 18.1. The van der Waals surface area contributed by atoms with Gasteiger partial charge in [0.25, 0.3) is 0 Å². The van der Waals surface area contributed by atoms with Gasteiger partial charge in [-0.1, -0.05) is 53.7 Å². The van der Waals surface area contributed by atoms with Gasteiger partial charge in [-0.2, -0.15) is 0 Å². The first-order chi connectivity index (χ1) is 18.3. The standard InChI is InChI=1S/C31H61N3O6/c1-11-31(19-38-15-23(3)32,20-39-16-24(4)33)21-40-17-25(5)34-27(35)13-26(28(36)37)12-22(2)14-30(9,10)18-29(6,7)8/h23-26H,2,11-21,32-33H2,1,3-10H3,(H,34,35)(H,36,37). The van der Waals surface area contributed by atoms with E-state index in [1.807, 2.05) is 20.8 Å². The van der Waals surface area contributed by atoms with Crippen LogP contribution in [0.1, 0.15) is 94.4 Å². The molecule has 0 saturated heterocycles. The topological polar surface area (TPSA) is 146 Å². The Bertz CT molecular complexity index is 747. The number of aliphatic carboxylic acids is 1. The lowest BCUT2D eigenvalue weighted by molar-refractivity contribution is -0.144. The monoisotopic (exact) mass is 571 g/mol. The fraction of sp³-hybridized carbons (Fsp3) is 0.871. The summed E-state index contributed by atoms with van der Waals surface area (Å²) in [6, 6.07) is -0.435. The molecule has 0 aliphatic heterocycles.